The van der Waals surface area contributed by atoms with Gasteiger partial charge in [-0.05, 0) is 49.2 Å². The van der Waals surface area contributed by atoms with Gasteiger partial charge < -0.3 is 0 Å². The van der Waals surface area contributed by atoms with Crippen LogP contribution in [0.1, 0.15) is 11.1 Å². The summed E-state index contributed by atoms with van der Waals surface area (Å²) in [7, 11) is 0. The van der Waals surface area contributed by atoms with Crippen LogP contribution < -0.4 is 9.62 Å². The molecule has 6 heteroatoms. The van der Waals surface area contributed by atoms with Gasteiger partial charge in [-0.25, -0.2) is 14.1 Å². The lowest BCUT2D eigenvalue weighted by molar-refractivity contribution is 0.260. The average molecular weight is 308 g/mol. The zero-order valence-corrected chi connectivity index (χ0v) is 12.7. The molecule has 0 atom stereocenters. The Morgan fingerprint density at radius 1 is 1.30 bits per heavy atom. The molecule has 20 heavy (non-hydrogen) atoms. The van der Waals surface area contributed by atoms with Gasteiger partial charge in [0.1, 0.15) is 5.82 Å². The van der Waals surface area contributed by atoms with E-state index in [2.05, 4.69) is 23.1 Å². The smallest absolute Gasteiger partial charge is 0.291 e. The van der Waals surface area contributed by atoms with E-state index in [1.807, 2.05) is 26.0 Å². The van der Waals surface area contributed by atoms with Gasteiger partial charge >= 0.3 is 6.03 Å². The fraction of sp³-hybridized carbons (Fsp3) is 0.143. The molecular formula is C14H14ClN3OS. The zero-order valence-electron chi connectivity index (χ0n) is 11.1. The fourth-order valence-corrected chi connectivity index (χ4v) is 2.24. The summed E-state index contributed by atoms with van der Waals surface area (Å²) < 4.78 is 1.24. The number of rotatable bonds is 2. The van der Waals surface area contributed by atoms with Crippen molar-refractivity contribution >= 4 is 42.0 Å². The molecule has 0 fully saturated rings. The lowest BCUT2D eigenvalue weighted by Gasteiger charge is -2.19. The Bertz CT molecular complexity index is 648. The van der Waals surface area contributed by atoms with Gasteiger partial charge in [0.15, 0.2) is 0 Å². The summed E-state index contributed by atoms with van der Waals surface area (Å²) in [4.78, 5) is 16.3. The van der Waals surface area contributed by atoms with Crippen molar-refractivity contribution in [3.8, 4) is 0 Å². The predicted octanol–water partition coefficient (Wildman–Crippen LogP) is 4.24. The third kappa shape index (κ3) is 3.23. The van der Waals surface area contributed by atoms with Gasteiger partial charge in [-0.1, -0.05) is 30.5 Å². The molecule has 4 nitrogen and oxygen atoms in total. The van der Waals surface area contributed by atoms with Crippen LogP contribution in [0, 0.1) is 13.8 Å². The van der Waals surface area contributed by atoms with Gasteiger partial charge in [0.25, 0.3) is 0 Å². The Morgan fingerprint density at radius 2 is 2.05 bits per heavy atom. The maximum absolute atomic E-state index is 12.2. The van der Waals surface area contributed by atoms with Crippen LogP contribution in [0.4, 0.5) is 16.3 Å². The minimum absolute atomic E-state index is 0.374. The van der Waals surface area contributed by atoms with E-state index < -0.39 is 0 Å². The van der Waals surface area contributed by atoms with Crippen LogP contribution in [0.25, 0.3) is 0 Å². The largest absolute Gasteiger partial charge is 0.337 e. The first-order valence-electron chi connectivity index (χ1n) is 5.97. The molecule has 0 bridgehead atoms. The molecule has 0 saturated carbocycles. The van der Waals surface area contributed by atoms with Gasteiger partial charge in [-0.3, -0.25) is 5.32 Å². The second-order valence-electron chi connectivity index (χ2n) is 4.34. The topological polar surface area (TPSA) is 45.2 Å². The molecular weight excluding hydrogens is 294 g/mol. The van der Waals surface area contributed by atoms with Gasteiger partial charge in [0.2, 0.25) is 0 Å². The first-order valence-corrected chi connectivity index (χ1v) is 6.74. The number of aromatic nitrogens is 1. The number of hydrogen-bond donors (Lipinski definition) is 2. The summed E-state index contributed by atoms with van der Waals surface area (Å²) in [5, 5.41) is 3.34. The summed E-state index contributed by atoms with van der Waals surface area (Å²) >= 11 is 10.1. The molecule has 0 radical (unpaired) electrons. The highest BCUT2D eigenvalue weighted by atomic mass is 35.5. The molecule has 1 aromatic heterocycles. The van der Waals surface area contributed by atoms with Crippen molar-refractivity contribution < 1.29 is 4.79 Å². The normalized spacial score (nSPS) is 10.2. The van der Waals surface area contributed by atoms with E-state index in [0.717, 1.165) is 11.1 Å². The number of nitrogens with zero attached hydrogens (tertiary/aromatic N) is 2. The predicted molar refractivity (Wildman–Crippen MR) is 85.6 cm³/mol. The van der Waals surface area contributed by atoms with Crippen LogP contribution in [0.2, 0.25) is 5.02 Å². The molecule has 0 aliphatic carbocycles. The molecule has 2 aromatic rings. The fourth-order valence-electron chi connectivity index (χ4n) is 1.74. The second kappa shape index (κ2) is 6.15. The number of amides is 2. The van der Waals surface area contributed by atoms with Crippen molar-refractivity contribution in [1.82, 2.24) is 4.98 Å². The number of hydrogen-bond acceptors (Lipinski definition) is 3. The minimum Gasteiger partial charge on any atom is -0.291 e. The number of benzene rings is 1. The molecule has 1 heterocycles. The molecule has 2 amide bonds. The van der Waals surface area contributed by atoms with Crippen LogP contribution >= 0.6 is 24.4 Å². The minimum atomic E-state index is -0.374. The van der Waals surface area contributed by atoms with Crippen molar-refractivity contribution in [3.63, 3.8) is 0 Å². The van der Waals surface area contributed by atoms with Crippen LogP contribution in [0.3, 0.4) is 0 Å². The molecule has 0 aliphatic rings. The van der Waals surface area contributed by atoms with Crippen LogP contribution in [-0.2, 0) is 0 Å². The Kier molecular flexibility index (Phi) is 4.52. The van der Waals surface area contributed by atoms with Gasteiger partial charge in [-0.2, -0.15) is 0 Å². The third-order valence-electron chi connectivity index (χ3n) is 2.81. The molecule has 104 valence electrons. The third-order valence-corrected chi connectivity index (χ3v) is 3.45. The number of thiol groups is 1. The number of anilines is 2. The van der Waals surface area contributed by atoms with Crippen molar-refractivity contribution in [2.75, 3.05) is 9.62 Å². The molecule has 0 unspecified atom stereocenters. The highest BCUT2D eigenvalue weighted by molar-refractivity contribution is 7.82. The van der Waals surface area contributed by atoms with Gasteiger partial charge in [-0.15, -0.1) is 0 Å². The number of carbonyl (C=O) groups is 1. The lowest BCUT2D eigenvalue weighted by atomic mass is 10.2. The van der Waals surface area contributed by atoms with Crippen molar-refractivity contribution in [1.29, 1.82) is 0 Å². The summed E-state index contributed by atoms with van der Waals surface area (Å²) in [5.41, 5.74) is 2.42. The van der Waals surface area contributed by atoms with Gasteiger partial charge in [0.05, 0.1) is 5.69 Å². The highest BCUT2D eigenvalue weighted by Crippen LogP contribution is 2.25. The van der Waals surface area contributed by atoms with E-state index in [9.17, 15) is 4.79 Å². The van der Waals surface area contributed by atoms with E-state index in [-0.39, 0.29) is 6.03 Å². The Morgan fingerprint density at radius 3 is 2.70 bits per heavy atom. The van der Waals surface area contributed by atoms with Crippen LogP contribution in [0.5, 0.6) is 0 Å². The van der Waals surface area contributed by atoms with E-state index in [1.165, 1.54) is 4.31 Å². The molecule has 1 aromatic carbocycles. The Balaban J connectivity index is 2.19. The summed E-state index contributed by atoms with van der Waals surface area (Å²) in [6.45, 7) is 3.74. The highest BCUT2D eigenvalue weighted by Gasteiger charge is 2.15. The first-order chi connectivity index (χ1) is 9.49. The summed E-state index contributed by atoms with van der Waals surface area (Å²) in [6.07, 6.45) is 1.62. The number of nitrogens with one attached hydrogen (secondary N) is 1. The van der Waals surface area contributed by atoms with Gasteiger partial charge in [0, 0.05) is 11.2 Å². The zero-order chi connectivity index (χ0) is 14.7. The monoisotopic (exact) mass is 307 g/mol. The van der Waals surface area contributed by atoms with Crippen LogP contribution in [-0.4, -0.2) is 11.0 Å². The number of urea groups is 1. The van der Waals surface area contributed by atoms with Crippen LogP contribution in [0.15, 0.2) is 36.5 Å². The first kappa shape index (κ1) is 14.7. The van der Waals surface area contributed by atoms with Crippen molar-refractivity contribution in [3.05, 3.63) is 52.7 Å². The maximum Gasteiger partial charge on any atom is 0.337 e. The van der Waals surface area contributed by atoms with E-state index in [0.29, 0.717) is 16.5 Å². The lowest BCUT2D eigenvalue weighted by Crippen LogP contribution is -2.28. The number of halogens is 1. The molecule has 0 aliphatic heterocycles. The standard InChI is InChI=1S/C14H14ClN3OS/c1-9-4-3-7-16-13(9)17-14(19)18(20)12-6-5-11(15)8-10(12)2/h3-8,20H,1-2H3,(H,16,17,19). The quantitative estimate of drug-likeness (QED) is 0.815. The number of pyridine rings is 1. The molecule has 1 N–H and O–H groups in total. The second-order valence-corrected chi connectivity index (χ2v) is 5.18. The molecule has 2 rings (SSSR count). The Hall–Kier alpha value is -1.72. The average Bonchev–Trinajstić information content (AvgIpc) is 2.40. The number of aryl methyl sites for hydroxylation is 2. The van der Waals surface area contributed by atoms with Crippen molar-refractivity contribution in [2.45, 2.75) is 13.8 Å². The number of carbonyl (C=O) groups excluding carboxylic acids is 1. The van der Waals surface area contributed by atoms with E-state index in [1.54, 1.807) is 24.4 Å². The Labute approximate surface area is 128 Å². The SMILES string of the molecule is Cc1cc(Cl)ccc1N(S)C(=O)Nc1ncccc1C. The van der Waals surface area contributed by atoms with Crippen molar-refractivity contribution in [2.24, 2.45) is 0 Å². The van der Waals surface area contributed by atoms with E-state index >= 15 is 0 Å². The molecule has 0 saturated heterocycles. The maximum atomic E-state index is 12.2. The summed E-state index contributed by atoms with van der Waals surface area (Å²) in [5.74, 6) is 0.517. The summed E-state index contributed by atoms with van der Waals surface area (Å²) in [6, 6.07) is 8.55. The molecule has 0 spiro atoms. The van der Waals surface area contributed by atoms with E-state index in [4.69, 9.17) is 11.6 Å².